The van der Waals surface area contributed by atoms with Crippen molar-refractivity contribution in [2.45, 2.75) is 26.3 Å². The molecule has 1 aromatic rings. The maximum absolute atomic E-state index is 13.3. The number of ether oxygens (including phenoxy) is 1. The molecule has 0 bridgehead atoms. The van der Waals surface area contributed by atoms with Crippen molar-refractivity contribution in [3.8, 4) is 5.75 Å². The highest BCUT2D eigenvalue weighted by Gasteiger charge is 2.16. The predicted molar refractivity (Wildman–Crippen MR) is 56.3 cm³/mol. The summed E-state index contributed by atoms with van der Waals surface area (Å²) in [5.74, 6) is -1.30. The van der Waals surface area contributed by atoms with Gasteiger partial charge in [-0.25, -0.2) is 8.78 Å². The molecule has 0 aliphatic carbocycles. The number of anilines is 1. The molecule has 84 valence electrons. The standard InChI is InChI=1S/C11H15F2NO/c1-11(2,3)14-9-6-7(12)5-8(13)10(9)15-4/h5-6,14H,1-4H3. The van der Waals surface area contributed by atoms with Gasteiger partial charge in [-0.2, -0.15) is 0 Å². The summed E-state index contributed by atoms with van der Waals surface area (Å²) in [7, 11) is 1.35. The molecule has 0 aliphatic heterocycles. The van der Waals surface area contributed by atoms with E-state index in [-0.39, 0.29) is 11.3 Å². The van der Waals surface area contributed by atoms with Crippen LogP contribution in [0.1, 0.15) is 20.8 Å². The van der Waals surface area contributed by atoms with Crippen LogP contribution < -0.4 is 10.1 Å². The molecule has 0 atom stereocenters. The summed E-state index contributed by atoms with van der Waals surface area (Å²) >= 11 is 0. The first-order chi connectivity index (χ1) is 6.83. The Bertz CT molecular complexity index is 358. The lowest BCUT2D eigenvalue weighted by molar-refractivity contribution is 0.384. The summed E-state index contributed by atoms with van der Waals surface area (Å²) in [5.41, 5.74) is 0.0375. The highest BCUT2D eigenvalue weighted by molar-refractivity contribution is 5.58. The molecule has 0 spiro atoms. The van der Waals surface area contributed by atoms with Crippen LogP contribution in [0.3, 0.4) is 0 Å². The number of halogens is 2. The largest absolute Gasteiger partial charge is 0.492 e. The van der Waals surface area contributed by atoms with E-state index in [1.165, 1.54) is 13.2 Å². The van der Waals surface area contributed by atoms with Crippen LogP contribution in [0.4, 0.5) is 14.5 Å². The summed E-state index contributed by atoms with van der Waals surface area (Å²) in [4.78, 5) is 0. The van der Waals surface area contributed by atoms with Gasteiger partial charge in [0.25, 0.3) is 0 Å². The van der Waals surface area contributed by atoms with Crippen LogP contribution >= 0.6 is 0 Å². The Hall–Kier alpha value is -1.32. The average Bonchev–Trinajstić information content (AvgIpc) is 1.99. The van der Waals surface area contributed by atoms with Crippen LogP contribution in [0.5, 0.6) is 5.75 Å². The van der Waals surface area contributed by atoms with E-state index in [4.69, 9.17) is 4.74 Å². The Morgan fingerprint density at radius 1 is 1.20 bits per heavy atom. The molecule has 1 aromatic carbocycles. The zero-order chi connectivity index (χ0) is 11.6. The highest BCUT2D eigenvalue weighted by Crippen LogP contribution is 2.30. The number of nitrogens with one attached hydrogen (secondary N) is 1. The van der Waals surface area contributed by atoms with E-state index >= 15 is 0 Å². The molecule has 0 saturated heterocycles. The second kappa shape index (κ2) is 4.04. The molecule has 1 rings (SSSR count). The summed E-state index contributed by atoms with van der Waals surface area (Å²) < 4.78 is 31.1. The molecular formula is C11H15F2NO. The summed E-state index contributed by atoms with van der Waals surface area (Å²) in [6, 6.07) is 2.01. The number of benzene rings is 1. The molecule has 0 amide bonds. The number of hydrogen-bond donors (Lipinski definition) is 1. The molecule has 0 aromatic heterocycles. The molecule has 4 heteroatoms. The third-order valence-corrected chi connectivity index (χ3v) is 1.72. The number of hydrogen-bond acceptors (Lipinski definition) is 2. The van der Waals surface area contributed by atoms with Gasteiger partial charge in [-0.15, -0.1) is 0 Å². The summed E-state index contributed by atoms with van der Waals surface area (Å²) in [6.07, 6.45) is 0. The lowest BCUT2D eigenvalue weighted by Gasteiger charge is -2.23. The monoisotopic (exact) mass is 215 g/mol. The van der Waals surface area contributed by atoms with Gasteiger partial charge in [-0.1, -0.05) is 0 Å². The minimum Gasteiger partial charge on any atom is -0.492 e. The first-order valence-corrected chi connectivity index (χ1v) is 4.65. The van der Waals surface area contributed by atoms with Crippen molar-refractivity contribution in [3.05, 3.63) is 23.8 Å². The van der Waals surface area contributed by atoms with Crippen molar-refractivity contribution in [3.63, 3.8) is 0 Å². The minimum atomic E-state index is -0.704. The Morgan fingerprint density at radius 2 is 1.80 bits per heavy atom. The molecule has 1 N–H and O–H groups in total. The molecule has 0 aliphatic rings. The molecule has 2 nitrogen and oxygen atoms in total. The Kier molecular flexibility index (Phi) is 3.17. The second-order valence-electron chi connectivity index (χ2n) is 4.34. The van der Waals surface area contributed by atoms with Gasteiger partial charge in [-0.05, 0) is 20.8 Å². The Balaban J connectivity index is 3.15. The van der Waals surface area contributed by atoms with Crippen LogP contribution in [-0.4, -0.2) is 12.6 Å². The van der Waals surface area contributed by atoms with Crippen LogP contribution in [-0.2, 0) is 0 Å². The Morgan fingerprint density at radius 3 is 2.27 bits per heavy atom. The SMILES string of the molecule is COc1c(F)cc(F)cc1NC(C)(C)C. The van der Waals surface area contributed by atoms with Crippen molar-refractivity contribution < 1.29 is 13.5 Å². The van der Waals surface area contributed by atoms with Gasteiger partial charge in [0.15, 0.2) is 11.6 Å². The van der Waals surface area contributed by atoms with Crippen molar-refractivity contribution in [1.29, 1.82) is 0 Å². The highest BCUT2D eigenvalue weighted by atomic mass is 19.1. The fourth-order valence-corrected chi connectivity index (χ4v) is 1.26. The minimum absolute atomic E-state index is 0.0336. The van der Waals surface area contributed by atoms with Crippen molar-refractivity contribution in [2.24, 2.45) is 0 Å². The quantitative estimate of drug-likeness (QED) is 0.818. The van der Waals surface area contributed by atoms with E-state index < -0.39 is 11.6 Å². The second-order valence-corrected chi connectivity index (χ2v) is 4.34. The lowest BCUT2D eigenvalue weighted by Crippen LogP contribution is -2.26. The van der Waals surface area contributed by atoms with Gasteiger partial charge in [0.2, 0.25) is 0 Å². The van der Waals surface area contributed by atoms with Crippen LogP contribution in [0.15, 0.2) is 12.1 Å². The molecule has 0 unspecified atom stereocenters. The summed E-state index contributed by atoms with van der Waals surface area (Å²) in [5, 5.41) is 2.98. The maximum atomic E-state index is 13.3. The molecule has 0 saturated carbocycles. The first kappa shape index (κ1) is 11.8. The number of rotatable bonds is 2. The van der Waals surface area contributed by atoms with E-state index in [1.807, 2.05) is 20.8 Å². The third kappa shape index (κ3) is 3.08. The van der Waals surface area contributed by atoms with Crippen molar-refractivity contribution in [1.82, 2.24) is 0 Å². The lowest BCUT2D eigenvalue weighted by atomic mass is 10.1. The fraction of sp³-hybridized carbons (Fsp3) is 0.455. The van der Waals surface area contributed by atoms with Crippen molar-refractivity contribution >= 4 is 5.69 Å². The van der Waals surface area contributed by atoms with Gasteiger partial charge in [-0.3, -0.25) is 0 Å². The van der Waals surface area contributed by atoms with E-state index in [0.717, 1.165) is 6.07 Å². The molecular weight excluding hydrogens is 200 g/mol. The van der Waals surface area contributed by atoms with E-state index in [1.54, 1.807) is 0 Å². The van der Waals surface area contributed by atoms with Gasteiger partial charge in [0.1, 0.15) is 5.82 Å². The third-order valence-electron chi connectivity index (χ3n) is 1.72. The topological polar surface area (TPSA) is 21.3 Å². The van der Waals surface area contributed by atoms with Crippen molar-refractivity contribution in [2.75, 3.05) is 12.4 Å². The molecule has 0 heterocycles. The van der Waals surface area contributed by atoms with Gasteiger partial charge < -0.3 is 10.1 Å². The van der Waals surface area contributed by atoms with E-state index in [0.29, 0.717) is 5.69 Å². The van der Waals surface area contributed by atoms with Crippen LogP contribution in [0.2, 0.25) is 0 Å². The smallest absolute Gasteiger partial charge is 0.177 e. The van der Waals surface area contributed by atoms with Gasteiger partial charge in [0.05, 0.1) is 12.8 Å². The molecule has 0 fully saturated rings. The normalized spacial score (nSPS) is 11.3. The maximum Gasteiger partial charge on any atom is 0.177 e. The number of methoxy groups -OCH3 is 1. The van der Waals surface area contributed by atoms with Crippen LogP contribution in [0.25, 0.3) is 0 Å². The van der Waals surface area contributed by atoms with Gasteiger partial charge in [0, 0.05) is 17.7 Å². The summed E-state index contributed by atoms with van der Waals surface area (Å²) in [6.45, 7) is 5.69. The van der Waals surface area contributed by atoms with Gasteiger partial charge >= 0.3 is 0 Å². The van der Waals surface area contributed by atoms with E-state index in [2.05, 4.69) is 5.32 Å². The average molecular weight is 215 g/mol. The first-order valence-electron chi connectivity index (χ1n) is 4.65. The molecule has 0 radical (unpaired) electrons. The Labute approximate surface area is 88.3 Å². The molecule has 15 heavy (non-hydrogen) atoms. The predicted octanol–water partition coefficient (Wildman–Crippen LogP) is 3.18. The van der Waals surface area contributed by atoms with E-state index in [9.17, 15) is 8.78 Å². The fourth-order valence-electron chi connectivity index (χ4n) is 1.26. The zero-order valence-electron chi connectivity index (χ0n) is 9.32. The van der Waals surface area contributed by atoms with Crippen LogP contribution in [0, 0.1) is 11.6 Å². The zero-order valence-corrected chi connectivity index (χ0v) is 9.32.